The van der Waals surface area contributed by atoms with Crippen LogP contribution in [0.1, 0.15) is 28.9 Å². The smallest absolute Gasteiger partial charge is 0.352 e. The summed E-state index contributed by atoms with van der Waals surface area (Å²) in [5.74, 6) is -3.51. The van der Waals surface area contributed by atoms with Gasteiger partial charge >= 0.3 is 23.8 Å². The van der Waals surface area contributed by atoms with Gasteiger partial charge < -0.3 is 40.5 Å². The van der Waals surface area contributed by atoms with Crippen LogP contribution in [-0.4, -0.2) is 113 Å². The van der Waals surface area contributed by atoms with Gasteiger partial charge in [-0.05, 0) is 83.4 Å². The van der Waals surface area contributed by atoms with Crippen molar-refractivity contribution in [3.63, 3.8) is 0 Å². The van der Waals surface area contributed by atoms with E-state index in [-0.39, 0.29) is 31.2 Å². The summed E-state index contributed by atoms with van der Waals surface area (Å²) in [5, 5.41) is 36.9. The molecule has 2 fully saturated rings. The van der Waals surface area contributed by atoms with E-state index >= 15 is 0 Å². The number of halogens is 1. The number of carbonyl (C=O) groups excluding carboxylic acids is 4. The molecule has 0 spiro atoms. The highest BCUT2D eigenvalue weighted by molar-refractivity contribution is 6.41. The average Bonchev–Trinajstić information content (AvgIpc) is 3.84. The number of anilines is 3. The molecule has 272 valence electrons. The largest absolute Gasteiger partial charge is 0.477 e. The summed E-state index contributed by atoms with van der Waals surface area (Å²) in [6, 6.07) is 16.4. The van der Waals surface area contributed by atoms with E-state index in [4.69, 9.17) is 11.6 Å². The number of aromatic amines is 1. The molecule has 1 unspecified atom stereocenters. The highest BCUT2D eigenvalue weighted by Gasteiger charge is 2.40. The predicted octanol–water partition coefficient (Wildman–Crippen LogP) is 2.91. The highest BCUT2D eigenvalue weighted by atomic mass is 35.5. The van der Waals surface area contributed by atoms with Crippen molar-refractivity contribution in [2.24, 2.45) is 0 Å². The fourth-order valence-electron chi connectivity index (χ4n) is 6.47. The number of rotatable bonds is 9. The number of amides is 5. The predicted molar refractivity (Wildman–Crippen MR) is 192 cm³/mol. The van der Waals surface area contributed by atoms with Gasteiger partial charge in [-0.25, -0.2) is 9.59 Å². The number of benzene rings is 3. The summed E-state index contributed by atoms with van der Waals surface area (Å²) in [4.78, 5) is 73.0. The lowest BCUT2D eigenvalue weighted by Crippen LogP contribution is -2.60. The molecule has 7 rings (SSSR count). The summed E-state index contributed by atoms with van der Waals surface area (Å²) < 4.78 is 1.34. The van der Waals surface area contributed by atoms with Gasteiger partial charge in [0.25, 0.3) is 0 Å². The van der Waals surface area contributed by atoms with Crippen LogP contribution in [0.15, 0.2) is 73.1 Å². The Balaban J connectivity index is 1.13. The summed E-state index contributed by atoms with van der Waals surface area (Å²) in [7, 11) is 0. The minimum absolute atomic E-state index is 0.0122. The Labute approximate surface area is 306 Å². The molecule has 5 aromatic rings. The maximum atomic E-state index is 14.1. The molecule has 1 atom stereocenters. The second kappa shape index (κ2) is 14.7. The van der Waals surface area contributed by atoms with Crippen molar-refractivity contribution in [1.29, 1.82) is 0 Å². The molecule has 0 radical (unpaired) electrons. The first-order valence-electron chi connectivity index (χ1n) is 16.7. The van der Waals surface area contributed by atoms with Gasteiger partial charge in [0.2, 0.25) is 5.91 Å². The van der Waals surface area contributed by atoms with Crippen LogP contribution in [0.3, 0.4) is 0 Å². The molecule has 18 heteroatoms. The number of aliphatic hydroxyl groups excluding tert-OH is 1. The number of hydrogen-bond acceptors (Lipinski definition) is 9. The van der Waals surface area contributed by atoms with Crippen molar-refractivity contribution in [3.05, 3.63) is 89.3 Å². The number of nitrogens with one attached hydrogen (secondary N) is 3. The number of aromatic carboxylic acids is 1. The molecule has 3 aromatic carbocycles. The number of aliphatic hydroxyl groups is 1. The quantitative estimate of drug-likeness (QED) is 0.139. The molecule has 4 heterocycles. The Bertz CT molecular complexity index is 2200. The monoisotopic (exact) mass is 740 g/mol. The summed E-state index contributed by atoms with van der Waals surface area (Å²) >= 11 is 6.29. The Kier molecular flexibility index (Phi) is 9.75. The van der Waals surface area contributed by atoms with E-state index in [0.29, 0.717) is 70.2 Å². The van der Waals surface area contributed by atoms with Gasteiger partial charge in [-0.1, -0.05) is 23.7 Å². The molecule has 5 N–H and O–H groups in total. The molecule has 0 saturated carbocycles. The molecule has 2 aromatic heterocycles. The van der Waals surface area contributed by atoms with Crippen LogP contribution in [0.5, 0.6) is 0 Å². The zero-order chi connectivity index (χ0) is 37.2. The van der Waals surface area contributed by atoms with Gasteiger partial charge in [0, 0.05) is 59.9 Å². The van der Waals surface area contributed by atoms with E-state index in [1.54, 1.807) is 59.5 Å². The second-order valence-corrected chi connectivity index (χ2v) is 13.1. The maximum absolute atomic E-state index is 14.1. The standard InChI is InChI=1S/C35H33ClN10O7/c36-22-3-8-28(46-19-37-41-42-46)29(18-22)44-13-14-45(33(50)32(44)49)30(31(48)38-24-6-7-26-21(16-24)17-27(40-26)34(51)52)15-20-1-4-23(5-2-20)39-35(53)43-11-9-25(47)10-12-43/h1-8,16-19,25,30,40,47H,9-15H2,(H,38,48)(H,39,53)(H,51,52). The average molecular weight is 741 g/mol. The lowest BCUT2D eigenvalue weighted by Gasteiger charge is -2.38. The first-order chi connectivity index (χ1) is 25.5. The van der Waals surface area contributed by atoms with Crippen LogP contribution in [0.2, 0.25) is 5.02 Å². The Morgan fingerprint density at radius 3 is 2.36 bits per heavy atom. The molecule has 2 aliphatic rings. The van der Waals surface area contributed by atoms with Crippen LogP contribution >= 0.6 is 11.6 Å². The summed E-state index contributed by atoms with van der Waals surface area (Å²) in [5.41, 5.74) is 2.79. The van der Waals surface area contributed by atoms with Gasteiger partial charge in [-0.2, -0.15) is 4.68 Å². The Morgan fingerprint density at radius 2 is 1.64 bits per heavy atom. The fraction of sp³-hybridized carbons (Fsp3) is 0.257. The van der Waals surface area contributed by atoms with Crippen molar-refractivity contribution < 1.29 is 34.2 Å². The zero-order valence-corrected chi connectivity index (χ0v) is 28.7. The minimum Gasteiger partial charge on any atom is -0.477 e. The first-order valence-corrected chi connectivity index (χ1v) is 17.1. The van der Waals surface area contributed by atoms with E-state index in [9.17, 15) is 34.2 Å². The van der Waals surface area contributed by atoms with Crippen molar-refractivity contribution in [3.8, 4) is 5.69 Å². The lowest BCUT2D eigenvalue weighted by atomic mass is 10.0. The van der Waals surface area contributed by atoms with Crippen LogP contribution < -0.4 is 15.5 Å². The number of fused-ring (bicyclic) bond motifs is 1. The number of tetrazole rings is 1. The minimum atomic E-state index is -1.15. The van der Waals surface area contributed by atoms with E-state index in [1.165, 1.54) is 32.9 Å². The van der Waals surface area contributed by atoms with Gasteiger partial charge in [-0.3, -0.25) is 14.4 Å². The molecule has 0 bridgehead atoms. The number of aromatic nitrogens is 5. The molecule has 5 amide bonds. The maximum Gasteiger partial charge on any atom is 0.352 e. The second-order valence-electron chi connectivity index (χ2n) is 12.7. The van der Waals surface area contributed by atoms with Crippen LogP contribution in [-0.2, 0) is 20.8 Å². The molecule has 0 aliphatic carbocycles. The summed E-state index contributed by atoms with van der Waals surface area (Å²) in [6.45, 7) is 0.892. The number of urea groups is 1. The van der Waals surface area contributed by atoms with E-state index in [2.05, 4.69) is 31.1 Å². The normalized spacial score (nSPS) is 15.8. The van der Waals surface area contributed by atoms with E-state index in [0.717, 1.165) is 0 Å². The topological polar surface area (TPSA) is 219 Å². The SMILES string of the molecule is O=C(O)c1cc2cc(NC(=O)C(Cc3ccc(NC(=O)N4CCC(O)CC4)cc3)N3CCN(c4cc(Cl)ccc4-n4cnnn4)C(=O)C3=O)ccc2[nH]1. The number of H-pyrrole nitrogens is 1. The molecular formula is C35H33ClN10O7. The number of likely N-dealkylation sites (tertiary alicyclic amines) is 1. The third kappa shape index (κ3) is 7.51. The Morgan fingerprint density at radius 1 is 0.887 bits per heavy atom. The van der Waals surface area contributed by atoms with Crippen LogP contribution in [0.25, 0.3) is 16.6 Å². The molecule has 2 saturated heterocycles. The fourth-order valence-corrected chi connectivity index (χ4v) is 6.64. The number of nitrogens with zero attached hydrogens (tertiary/aromatic N) is 7. The van der Waals surface area contributed by atoms with Gasteiger partial charge in [-0.15, -0.1) is 5.10 Å². The van der Waals surface area contributed by atoms with E-state index < -0.39 is 35.8 Å². The van der Waals surface area contributed by atoms with Crippen LogP contribution in [0.4, 0.5) is 21.9 Å². The lowest BCUT2D eigenvalue weighted by molar-refractivity contribution is -0.149. The first kappa shape index (κ1) is 35.1. The molecule has 2 aliphatic heterocycles. The Hall–Kier alpha value is -6.33. The van der Waals surface area contributed by atoms with Crippen LogP contribution in [0, 0.1) is 0 Å². The van der Waals surface area contributed by atoms with Gasteiger partial charge in [0.15, 0.2) is 0 Å². The van der Waals surface area contributed by atoms with Crippen molar-refractivity contribution >= 4 is 69.3 Å². The van der Waals surface area contributed by atoms with Crippen molar-refractivity contribution in [1.82, 2.24) is 35.0 Å². The molecular weight excluding hydrogens is 708 g/mol. The third-order valence-corrected chi connectivity index (χ3v) is 9.50. The number of carboxylic acids is 1. The number of piperazine rings is 1. The molecule has 17 nitrogen and oxygen atoms in total. The van der Waals surface area contributed by atoms with Crippen molar-refractivity contribution in [2.45, 2.75) is 31.4 Å². The van der Waals surface area contributed by atoms with Gasteiger partial charge in [0.05, 0.1) is 17.5 Å². The van der Waals surface area contributed by atoms with E-state index in [1.807, 2.05) is 0 Å². The number of carbonyl (C=O) groups is 5. The highest BCUT2D eigenvalue weighted by Crippen LogP contribution is 2.30. The zero-order valence-electron chi connectivity index (χ0n) is 28.0. The number of piperidine rings is 1. The molecule has 53 heavy (non-hydrogen) atoms. The van der Waals surface area contributed by atoms with Gasteiger partial charge in [0.1, 0.15) is 18.1 Å². The number of carboxylic acid groups (broad SMARTS) is 1. The third-order valence-electron chi connectivity index (χ3n) is 9.26. The van der Waals surface area contributed by atoms with Crippen molar-refractivity contribution in [2.75, 3.05) is 41.7 Å². The number of hydrogen-bond donors (Lipinski definition) is 5. The summed E-state index contributed by atoms with van der Waals surface area (Å²) in [6.07, 6.45) is 1.96.